The summed E-state index contributed by atoms with van der Waals surface area (Å²) < 4.78 is 42.8. The van der Waals surface area contributed by atoms with E-state index in [1.54, 1.807) is 33.5 Å². The average molecular weight is 525 g/mol. The molecule has 0 amide bonds. The number of aromatic nitrogens is 1. The van der Waals surface area contributed by atoms with Gasteiger partial charge in [0.1, 0.15) is 5.75 Å². The van der Waals surface area contributed by atoms with E-state index in [9.17, 15) is 8.42 Å². The Kier molecular flexibility index (Phi) is 8.66. The fraction of sp³-hybridized carbons (Fsp3) is 0.345. The zero-order valence-corrected chi connectivity index (χ0v) is 23.6. The van der Waals surface area contributed by atoms with Gasteiger partial charge in [-0.25, -0.2) is 13.4 Å². The van der Waals surface area contributed by atoms with E-state index >= 15 is 0 Å². The molecule has 2 aromatic carbocycles. The second-order valence-electron chi connectivity index (χ2n) is 9.96. The Bertz CT molecular complexity index is 1410. The van der Waals surface area contributed by atoms with E-state index in [-0.39, 0.29) is 5.41 Å². The average Bonchev–Trinajstić information content (AvgIpc) is 2.81. The molecule has 0 saturated carbocycles. The molecule has 1 heterocycles. The Hall–Kier alpha value is -3.36. The lowest BCUT2D eigenvalue weighted by Crippen LogP contribution is -2.14. The molecule has 37 heavy (non-hydrogen) atoms. The molecule has 0 fully saturated rings. The quantitative estimate of drug-likeness (QED) is 0.343. The van der Waals surface area contributed by atoms with Gasteiger partial charge in [0, 0.05) is 35.2 Å². The number of anilines is 1. The maximum Gasteiger partial charge on any atom is 0.229 e. The van der Waals surface area contributed by atoms with Gasteiger partial charge in [0.25, 0.3) is 0 Å². The summed E-state index contributed by atoms with van der Waals surface area (Å²) in [5.74, 6) is 1.35. The van der Waals surface area contributed by atoms with E-state index in [1.165, 1.54) is 0 Å². The van der Waals surface area contributed by atoms with Crippen LogP contribution in [0.1, 0.15) is 48.7 Å². The van der Waals surface area contributed by atoms with Crippen LogP contribution in [0, 0.1) is 6.92 Å². The molecule has 0 aliphatic carbocycles. The van der Waals surface area contributed by atoms with Crippen LogP contribution in [-0.2, 0) is 26.8 Å². The first-order chi connectivity index (χ1) is 17.4. The normalized spacial score (nSPS) is 12.1. The third-order valence-corrected chi connectivity index (χ3v) is 6.43. The standard InChI is InChI=1S/C29H36N2O5S/c1-19-9-14-25(28(30-19)36-7)22-15-21(27(35-6)26(17-22)29(2,3)4)11-10-20-12-13-24(31-37(8,32)33)16-23(20)18-34-5/h9-17,31H,18H2,1-8H3. The number of ether oxygens (including phenoxy) is 3. The zero-order valence-electron chi connectivity index (χ0n) is 22.8. The predicted octanol–water partition coefficient (Wildman–Crippen LogP) is 6.06. The SMILES string of the molecule is COCc1cc(NS(C)(=O)=O)ccc1C=Cc1cc(-c2ccc(C)nc2OC)cc(C(C)(C)C)c1OC. The number of methoxy groups -OCH3 is 3. The summed E-state index contributed by atoms with van der Waals surface area (Å²) in [7, 11) is 1.52. The number of pyridine rings is 1. The minimum atomic E-state index is -3.39. The van der Waals surface area contributed by atoms with Gasteiger partial charge >= 0.3 is 0 Å². The van der Waals surface area contributed by atoms with E-state index in [2.05, 4.69) is 42.6 Å². The van der Waals surface area contributed by atoms with Gasteiger partial charge in [0.05, 0.1) is 27.1 Å². The summed E-state index contributed by atoms with van der Waals surface area (Å²) in [6.45, 7) is 8.71. The number of benzene rings is 2. The lowest BCUT2D eigenvalue weighted by atomic mass is 9.83. The zero-order chi connectivity index (χ0) is 27.4. The monoisotopic (exact) mass is 524 g/mol. The van der Waals surface area contributed by atoms with E-state index < -0.39 is 10.0 Å². The topological polar surface area (TPSA) is 86.8 Å². The Morgan fingerprint density at radius 2 is 1.65 bits per heavy atom. The minimum absolute atomic E-state index is 0.185. The Labute approximate surface area is 220 Å². The van der Waals surface area contributed by atoms with Gasteiger partial charge in [-0.2, -0.15) is 0 Å². The molecule has 0 saturated heterocycles. The molecule has 0 spiro atoms. The van der Waals surface area contributed by atoms with Gasteiger partial charge in [-0.05, 0) is 65.4 Å². The number of aryl methyl sites for hydroxylation is 1. The van der Waals surface area contributed by atoms with E-state index in [4.69, 9.17) is 14.2 Å². The highest BCUT2D eigenvalue weighted by atomic mass is 32.2. The van der Waals surface area contributed by atoms with E-state index in [1.807, 2.05) is 37.3 Å². The number of sulfonamides is 1. The van der Waals surface area contributed by atoms with Crippen LogP contribution in [-0.4, -0.2) is 41.0 Å². The summed E-state index contributed by atoms with van der Waals surface area (Å²) in [5.41, 5.74) is 6.75. The molecule has 3 aromatic rings. The molecule has 7 nitrogen and oxygen atoms in total. The maximum absolute atomic E-state index is 11.7. The Morgan fingerprint density at radius 3 is 2.24 bits per heavy atom. The maximum atomic E-state index is 11.7. The van der Waals surface area contributed by atoms with Crippen molar-refractivity contribution in [3.63, 3.8) is 0 Å². The third kappa shape index (κ3) is 7.11. The first-order valence-electron chi connectivity index (χ1n) is 11.9. The highest BCUT2D eigenvalue weighted by Gasteiger charge is 2.23. The van der Waals surface area contributed by atoms with Gasteiger partial charge in [0.2, 0.25) is 15.9 Å². The number of nitrogens with one attached hydrogen (secondary N) is 1. The van der Waals surface area contributed by atoms with Gasteiger partial charge in [-0.3, -0.25) is 4.72 Å². The summed E-state index contributed by atoms with van der Waals surface area (Å²) in [5, 5.41) is 0. The van der Waals surface area contributed by atoms with Crippen LogP contribution >= 0.6 is 0 Å². The molecule has 1 aromatic heterocycles. The lowest BCUT2D eigenvalue weighted by Gasteiger charge is -2.25. The first-order valence-corrected chi connectivity index (χ1v) is 13.8. The fourth-order valence-corrected chi connectivity index (χ4v) is 4.68. The van der Waals surface area contributed by atoms with Crippen molar-refractivity contribution in [3.8, 4) is 22.8 Å². The molecule has 8 heteroatoms. The summed E-state index contributed by atoms with van der Waals surface area (Å²) in [6, 6.07) is 13.6. The van der Waals surface area contributed by atoms with Gasteiger partial charge in [-0.15, -0.1) is 0 Å². The number of nitrogens with zero attached hydrogens (tertiary/aromatic N) is 1. The van der Waals surface area contributed by atoms with Crippen LogP contribution in [0.5, 0.6) is 11.6 Å². The molecule has 3 rings (SSSR count). The molecule has 0 radical (unpaired) electrons. The molecule has 0 aliphatic heterocycles. The Morgan fingerprint density at radius 1 is 0.946 bits per heavy atom. The van der Waals surface area contributed by atoms with Crippen molar-refractivity contribution in [3.05, 3.63) is 70.4 Å². The van der Waals surface area contributed by atoms with Crippen molar-refractivity contribution >= 4 is 27.9 Å². The molecule has 0 atom stereocenters. The van der Waals surface area contributed by atoms with Gasteiger partial charge in [-0.1, -0.05) is 39.0 Å². The summed E-state index contributed by atoms with van der Waals surface area (Å²) in [6.07, 6.45) is 5.11. The fourth-order valence-electron chi connectivity index (χ4n) is 4.13. The molecular weight excluding hydrogens is 488 g/mol. The second kappa shape index (κ2) is 11.4. The van der Waals surface area contributed by atoms with Crippen LogP contribution in [0.3, 0.4) is 0 Å². The second-order valence-corrected chi connectivity index (χ2v) is 11.7. The minimum Gasteiger partial charge on any atom is -0.496 e. The van der Waals surface area contributed by atoms with Crippen molar-refractivity contribution in [1.29, 1.82) is 0 Å². The van der Waals surface area contributed by atoms with Crippen molar-refractivity contribution in [2.75, 3.05) is 32.3 Å². The van der Waals surface area contributed by atoms with Crippen molar-refractivity contribution in [2.45, 2.75) is 39.7 Å². The van der Waals surface area contributed by atoms with Crippen LogP contribution in [0.4, 0.5) is 5.69 Å². The smallest absolute Gasteiger partial charge is 0.229 e. The first kappa shape index (κ1) is 28.2. The van der Waals surface area contributed by atoms with Crippen molar-refractivity contribution < 1.29 is 22.6 Å². The molecular formula is C29H36N2O5S. The largest absolute Gasteiger partial charge is 0.496 e. The number of hydrogen-bond acceptors (Lipinski definition) is 6. The van der Waals surface area contributed by atoms with Crippen LogP contribution in [0.2, 0.25) is 0 Å². The number of hydrogen-bond donors (Lipinski definition) is 1. The van der Waals surface area contributed by atoms with Crippen LogP contribution in [0.15, 0.2) is 42.5 Å². The lowest BCUT2D eigenvalue weighted by molar-refractivity contribution is 0.185. The van der Waals surface area contributed by atoms with E-state index in [0.29, 0.717) is 18.2 Å². The highest BCUT2D eigenvalue weighted by molar-refractivity contribution is 7.92. The van der Waals surface area contributed by atoms with Crippen molar-refractivity contribution in [1.82, 2.24) is 4.98 Å². The van der Waals surface area contributed by atoms with Gasteiger partial charge in [0.15, 0.2) is 0 Å². The highest BCUT2D eigenvalue weighted by Crippen LogP contribution is 2.40. The summed E-state index contributed by atoms with van der Waals surface area (Å²) >= 11 is 0. The van der Waals surface area contributed by atoms with E-state index in [0.717, 1.165) is 51.1 Å². The summed E-state index contributed by atoms with van der Waals surface area (Å²) in [4.78, 5) is 4.56. The molecule has 0 unspecified atom stereocenters. The van der Waals surface area contributed by atoms with Crippen LogP contribution < -0.4 is 14.2 Å². The number of rotatable bonds is 9. The molecule has 1 N–H and O–H groups in total. The Balaban J connectivity index is 2.18. The molecule has 0 bridgehead atoms. The van der Waals surface area contributed by atoms with Crippen LogP contribution in [0.25, 0.3) is 23.3 Å². The molecule has 198 valence electrons. The third-order valence-electron chi connectivity index (χ3n) is 5.82. The predicted molar refractivity (Wildman–Crippen MR) is 151 cm³/mol. The molecule has 0 aliphatic rings. The van der Waals surface area contributed by atoms with Gasteiger partial charge < -0.3 is 14.2 Å². The van der Waals surface area contributed by atoms with Crippen molar-refractivity contribution in [2.24, 2.45) is 0 Å².